The van der Waals surface area contributed by atoms with Crippen LogP contribution in [0.25, 0.3) is 0 Å². The van der Waals surface area contributed by atoms with Gasteiger partial charge in [0, 0.05) is 6.07 Å². The number of rotatable bonds is 5. The van der Waals surface area contributed by atoms with Crippen LogP contribution in [0.2, 0.25) is 0 Å². The molecule has 0 unspecified atom stereocenters. The van der Waals surface area contributed by atoms with Gasteiger partial charge in [-0.3, -0.25) is 14.9 Å². The molecule has 0 atom stereocenters. The van der Waals surface area contributed by atoms with Crippen molar-refractivity contribution < 1.29 is 23.6 Å². The first-order valence-corrected chi connectivity index (χ1v) is 5.27. The molecule has 1 aromatic rings. The standard InChI is InChI=1S/C10H11FN4O5/c11-5-1-2-6(15(18)19)8(12)7(5)9(16)14-3-4-20-10(13)17/h1-2H,3-4,12H2,(H2,13,17)(H,14,16). The second-order valence-corrected chi connectivity index (χ2v) is 3.54. The van der Waals surface area contributed by atoms with Crippen LogP contribution < -0.4 is 16.8 Å². The molecule has 0 aliphatic carbocycles. The van der Waals surface area contributed by atoms with E-state index in [4.69, 9.17) is 11.5 Å². The number of nitrogens with two attached hydrogens (primary N) is 2. The smallest absolute Gasteiger partial charge is 0.404 e. The Morgan fingerprint density at radius 1 is 1.45 bits per heavy atom. The quantitative estimate of drug-likeness (QED) is 0.303. The SMILES string of the molecule is NC(=O)OCCNC(=O)c1c(F)ccc([N+](=O)[O-])c1N. The fourth-order valence-corrected chi connectivity index (χ4v) is 1.38. The van der Waals surface area contributed by atoms with Crippen molar-refractivity contribution in [3.63, 3.8) is 0 Å². The van der Waals surface area contributed by atoms with E-state index < -0.39 is 39.7 Å². The summed E-state index contributed by atoms with van der Waals surface area (Å²) in [5, 5.41) is 12.8. The number of carbonyl (C=O) groups is 2. The molecule has 0 aromatic heterocycles. The fourth-order valence-electron chi connectivity index (χ4n) is 1.38. The molecule has 2 amide bonds. The average Bonchev–Trinajstić information content (AvgIpc) is 2.34. The van der Waals surface area contributed by atoms with Gasteiger partial charge < -0.3 is 21.5 Å². The topological polar surface area (TPSA) is 151 Å². The Hall–Kier alpha value is -2.91. The number of primary amides is 1. The summed E-state index contributed by atoms with van der Waals surface area (Å²) in [4.78, 5) is 31.8. The average molecular weight is 286 g/mol. The molecule has 0 radical (unpaired) electrons. The first-order valence-electron chi connectivity index (χ1n) is 5.27. The van der Waals surface area contributed by atoms with Crippen molar-refractivity contribution >= 4 is 23.4 Å². The van der Waals surface area contributed by atoms with Crippen LogP contribution in [0.3, 0.4) is 0 Å². The lowest BCUT2D eigenvalue weighted by atomic mass is 10.1. The maximum absolute atomic E-state index is 13.5. The summed E-state index contributed by atoms with van der Waals surface area (Å²) in [6, 6.07) is 1.63. The lowest BCUT2D eigenvalue weighted by Crippen LogP contribution is -2.30. The minimum Gasteiger partial charge on any atom is -0.448 e. The Morgan fingerprint density at radius 2 is 2.10 bits per heavy atom. The molecule has 0 aliphatic rings. The zero-order valence-electron chi connectivity index (χ0n) is 10.1. The molecule has 20 heavy (non-hydrogen) atoms. The lowest BCUT2D eigenvalue weighted by molar-refractivity contribution is -0.384. The van der Waals surface area contributed by atoms with Gasteiger partial charge in [-0.2, -0.15) is 0 Å². The predicted octanol–water partition coefficient (Wildman–Crippen LogP) is 0.141. The Balaban J connectivity index is 2.84. The van der Waals surface area contributed by atoms with E-state index in [9.17, 15) is 24.1 Å². The van der Waals surface area contributed by atoms with Crippen LogP contribution in [-0.2, 0) is 4.74 Å². The van der Waals surface area contributed by atoms with Gasteiger partial charge in [-0.15, -0.1) is 0 Å². The van der Waals surface area contributed by atoms with Crippen molar-refractivity contribution in [2.45, 2.75) is 0 Å². The number of nitrogens with zero attached hydrogens (tertiary/aromatic N) is 1. The van der Waals surface area contributed by atoms with E-state index in [-0.39, 0.29) is 13.2 Å². The molecule has 1 aromatic carbocycles. The molecule has 0 aliphatic heterocycles. The van der Waals surface area contributed by atoms with Crippen LogP contribution in [-0.4, -0.2) is 30.1 Å². The first-order chi connectivity index (χ1) is 9.34. The summed E-state index contributed by atoms with van der Waals surface area (Å²) in [6.45, 7) is -0.374. The van der Waals surface area contributed by atoms with E-state index in [0.717, 1.165) is 12.1 Å². The summed E-state index contributed by atoms with van der Waals surface area (Å²) in [6.07, 6.45) is -1.03. The number of hydrogen-bond donors (Lipinski definition) is 3. The van der Waals surface area contributed by atoms with Gasteiger partial charge in [0.2, 0.25) is 0 Å². The molecule has 0 heterocycles. The van der Waals surface area contributed by atoms with Crippen molar-refractivity contribution in [3.8, 4) is 0 Å². The van der Waals surface area contributed by atoms with Crippen molar-refractivity contribution in [2.24, 2.45) is 5.73 Å². The van der Waals surface area contributed by atoms with E-state index >= 15 is 0 Å². The molecular weight excluding hydrogens is 275 g/mol. The third kappa shape index (κ3) is 3.54. The van der Waals surface area contributed by atoms with Gasteiger partial charge in [0.1, 0.15) is 23.7 Å². The van der Waals surface area contributed by atoms with Gasteiger partial charge in [-0.1, -0.05) is 0 Å². The minimum atomic E-state index is -1.03. The van der Waals surface area contributed by atoms with Crippen molar-refractivity contribution in [1.29, 1.82) is 0 Å². The summed E-state index contributed by atoms with van der Waals surface area (Å²) in [7, 11) is 0. The maximum Gasteiger partial charge on any atom is 0.404 e. The molecule has 9 nitrogen and oxygen atoms in total. The number of halogens is 1. The molecule has 5 N–H and O–H groups in total. The third-order valence-corrected chi connectivity index (χ3v) is 2.23. The molecule has 0 spiro atoms. The molecule has 10 heteroatoms. The third-order valence-electron chi connectivity index (χ3n) is 2.23. The van der Waals surface area contributed by atoms with Crippen LogP contribution in [0, 0.1) is 15.9 Å². The van der Waals surface area contributed by atoms with Gasteiger partial charge in [0.25, 0.3) is 11.6 Å². The number of nitrogen functional groups attached to an aromatic ring is 1. The van der Waals surface area contributed by atoms with Crippen LogP contribution >= 0.6 is 0 Å². The number of ether oxygens (including phenoxy) is 1. The molecule has 0 saturated carbocycles. The summed E-state index contributed by atoms with van der Waals surface area (Å²) >= 11 is 0. The minimum absolute atomic E-state index is 0.149. The first kappa shape index (κ1) is 15.1. The molecule has 0 saturated heterocycles. The van der Waals surface area contributed by atoms with Gasteiger partial charge in [-0.05, 0) is 6.07 Å². The highest BCUT2D eigenvalue weighted by Gasteiger charge is 2.23. The Morgan fingerprint density at radius 3 is 2.65 bits per heavy atom. The predicted molar refractivity (Wildman–Crippen MR) is 65.3 cm³/mol. The number of nitrogens with one attached hydrogen (secondary N) is 1. The normalized spacial score (nSPS) is 9.85. The molecule has 0 bridgehead atoms. The zero-order chi connectivity index (χ0) is 15.3. The Labute approximate surface area is 111 Å². The van der Waals surface area contributed by atoms with E-state index in [0.29, 0.717) is 0 Å². The number of nitro groups is 1. The highest BCUT2D eigenvalue weighted by atomic mass is 19.1. The van der Waals surface area contributed by atoms with E-state index in [1.165, 1.54) is 0 Å². The Kier molecular flexibility index (Phi) is 4.78. The van der Waals surface area contributed by atoms with Gasteiger partial charge in [0.05, 0.1) is 11.5 Å². The number of amides is 2. The molecule has 108 valence electrons. The number of anilines is 1. The zero-order valence-corrected chi connectivity index (χ0v) is 10.1. The lowest BCUT2D eigenvalue weighted by Gasteiger charge is -2.08. The Bertz CT molecular complexity index is 563. The van der Waals surface area contributed by atoms with Gasteiger partial charge in [-0.25, -0.2) is 9.18 Å². The molecule has 0 fully saturated rings. The highest BCUT2D eigenvalue weighted by molar-refractivity contribution is 6.01. The second-order valence-electron chi connectivity index (χ2n) is 3.54. The fraction of sp³-hybridized carbons (Fsp3) is 0.200. The van der Waals surface area contributed by atoms with E-state index in [2.05, 4.69) is 10.1 Å². The summed E-state index contributed by atoms with van der Waals surface area (Å²) in [5.41, 5.74) is 8.28. The number of nitro benzene ring substituents is 1. The maximum atomic E-state index is 13.5. The number of benzene rings is 1. The van der Waals surface area contributed by atoms with E-state index in [1.807, 2.05) is 0 Å². The van der Waals surface area contributed by atoms with Crippen LogP contribution in [0.5, 0.6) is 0 Å². The van der Waals surface area contributed by atoms with Crippen LogP contribution in [0.1, 0.15) is 10.4 Å². The van der Waals surface area contributed by atoms with Crippen LogP contribution in [0.15, 0.2) is 12.1 Å². The van der Waals surface area contributed by atoms with Gasteiger partial charge >= 0.3 is 6.09 Å². The van der Waals surface area contributed by atoms with Crippen LogP contribution in [0.4, 0.5) is 20.6 Å². The highest BCUT2D eigenvalue weighted by Crippen LogP contribution is 2.27. The second kappa shape index (κ2) is 6.31. The van der Waals surface area contributed by atoms with Gasteiger partial charge in [0.15, 0.2) is 0 Å². The van der Waals surface area contributed by atoms with Crippen molar-refractivity contribution in [3.05, 3.63) is 33.6 Å². The summed E-state index contributed by atoms with van der Waals surface area (Å²) in [5.74, 6) is -1.96. The van der Waals surface area contributed by atoms with Crippen molar-refractivity contribution in [1.82, 2.24) is 5.32 Å². The largest absolute Gasteiger partial charge is 0.448 e. The van der Waals surface area contributed by atoms with E-state index in [1.54, 1.807) is 0 Å². The monoisotopic (exact) mass is 286 g/mol. The molecule has 1 rings (SSSR count). The number of carbonyl (C=O) groups excluding carboxylic acids is 2. The van der Waals surface area contributed by atoms with Crippen molar-refractivity contribution in [2.75, 3.05) is 18.9 Å². The summed E-state index contributed by atoms with van der Waals surface area (Å²) < 4.78 is 17.9. The number of hydrogen-bond acceptors (Lipinski definition) is 6. The molecular formula is C10H11FN4O5.